The van der Waals surface area contributed by atoms with Crippen LogP contribution in [0.5, 0.6) is 0 Å². The quantitative estimate of drug-likeness (QED) is 0.385. The van der Waals surface area contributed by atoms with Gasteiger partial charge in [-0.3, -0.25) is 9.44 Å². The molecule has 0 rings (SSSR count). The first-order chi connectivity index (χ1) is 4.63. The Labute approximate surface area is 71.6 Å². The lowest BCUT2D eigenvalue weighted by Crippen LogP contribution is -2.17. The smallest absolute Gasteiger partial charge is 0.0123 e. The summed E-state index contributed by atoms with van der Waals surface area (Å²) in [5.41, 5.74) is 0. The highest BCUT2D eigenvalue weighted by Crippen LogP contribution is 2.13. The average molecular weight is 180 g/mol. The summed E-state index contributed by atoms with van der Waals surface area (Å²) in [4.78, 5) is 0. The molecule has 0 aromatic heterocycles. The van der Waals surface area contributed by atoms with Gasteiger partial charge in [0, 0.05) is 34.0 Å². The molecule has 0 radical (unpaired) electrons. The van der Waals surface area contributed by atoms with E-state index >= 15 is 0 Å². The average Bonchev–Trinajstić information content (AvgIpc) is 1.79. The highest BCUT2D eigenvalue weighted by molar-refractivity contribution is 8.75. The Morgan fingerprint density at radius 1 is 0.800 bits per heavy atom. The lowest BCUT2D eigenvalue weighted by molar-refractivity contribution is 0.769. The first-order valence-corrected chi connectivity index (χ1v) is 5.61. The zero-order valence-electron chi connectivity index (χ0n) is 6.97. The zero-order valence-corrected chi connectivity index (χ0v) is 8.60. The van der Waals surface area contributed by atoms with Crippen molar-refractivity contribution in [3.8, 4) is 0 Å². The number of rotatable bonds is 5. The Bertz CT molecular complexity index is 66.1. The van der Waals surface area contributed by atoms with Gasteiger partial charge in [-0.05, 0) is 27.7 Å². The van der Waals surface area contributed by atoms with Gasteiger partial charge in [-0.15, -0.1) is 0 Å². The maximum Gasteiger partial charge on any atom is 0.0123 e. The van der Waals surface area contributed by atoms with Gasteiger partial charge >= 0.3 is 0 Å². The molecule has 0 bridgehead atoms. The van der Waals surface area contributed by atoms with Gasteiger partial charge in [-0.25, -0.2) is 0 Å². The molecular weight excluding hydrogens is 164 g/mol. The molecule has 0 aliphatic rings. The van der Waals surface area contributed by atoms with Gasteiger partial charge in [-0.2, -0.15) is 0 Å². The fourth-order valence-electron chi connectivity index (χ4n) is 0.241. The van der Waals surface area contributed by atoms with Crippen molar-refractivity contribution in [3.63, 3.8) is 0 Å². The molecule has 10 heavy (non-hydrogen) atoms. The minimum atomic E-state index is 0.548. The van der Waals surface area contributed by atoms with Crippen LogP contribution < -0.4 is 9.44 Å². The third kappa shape index (κ3) is 8.62. The van der Waals surface area contributed by atoms with E-state index in [1.165, 1.54) is 0 Å². The van der Waals surface area contributed by atoms with Gasteiger partial charge in [-0.1, -0.05) is 0 Å². The van der Waals surface area contributed by atoms with Crippen LogP contribution in [0.2, 0.25) is 0 Å². The van der Waals surface area contributed by atoms with E-state index in [9.17, 15) is 0 Å². The van der Waals surface area contributed by atoms with Crippen molar-refractivity contribution >= 4 is 22.0 Å². The normalized spacial score (nSPS) is 11.4. The van der Waals surface area contributed by atoms with Gasteiger partial charge < -0.3 is 0 Å². The van der Waals surface area contributed by atoms with Crippen molar-refractivity contribution in [2.24, 2.45) is 0 Å². The van der Waals surface area contributed by atoms with Gasteiger partial charge in [0.2, 0.25) is 0 Å². The molecule has 2 nitrogen and oxygen atoms in total. The van der Waals surface area contributed by atoms with Gasteiger partial charge in [0.05, 0.1) is 0 Å². The first kappa shape index (κ1) is 10.6. The van der Waals surface area contributed by atoms with E-state index in [4.69, 9.17) is 0 Å². The summed E-state index contributed by atoms with van der Waals surface area (Å²) in [5.74, 6) is 0. The molecule has 0 amide bonds. The molecule has 0 saturated carbocycles. The van der Waals surface area contributed by atoms with Gasteiger partial charge in [0.25, 0.3) is 0 Å². The highest BCUT2D eigenvalue weighted by atomic mass is 33.1. The largest absolute Gasteiger partial charge is 0.251 e. The van der Waals surface area contributed by atoms with Gasteiger partial charge in [0.1, 0.15) is 0 Å². The summed E-state index contributed by atoms with van der Waals surface area (Å²) in [6.07, 6.45) is 0. The van der Waals surface area contributed by atoms with Crippen LogP contribution in [0, 0.1) is 0 Å². The Kier molecular flexibility index (Phi) is 6.73. The molecule has 4 heteroatoms. The minimum Gasteiger partial charge on any atom is -0.251 e. The molecule has 62 valence electrons. The number of hydrogen-bond donors (Lipinski definition) is 2. The van der Waals surface area contributed by atoms with E-state index in [2.05, 4.69) is 37.1 Å². The molecule has 0 fully saturated rings. The van der Waals surface area contributed by atoms with Crippen molar-refractivity contribution in [2.75, 3.05) is 0 Å². The van der Waals surface area contributed by atoms with Crippen molar-refractivity contribution in [1.29, 1.82) is 0 Å². The summed E-state index contributed by atoms with van der Waals surface area (Å²) < 4.78 is 6.44. The Hall–Kier alpha value is 0.620. The molecule has 0 heterocycles. The van der Waals surface area contributed by atoms with Crippen LogP contribution in [-0.2, 0) is 0 Å². The zero-order chi connectivity index (χ0) is 7.98. The standard InChI is InChI=1S/C6H16N2S2/c1-5(2)7-9-10-8-6(3)4/h5-8H,1-4H3. The van der Waals surface area contributed by atoms with Crippen LogP contribution in [0.4, 0.5) is 0 Å². The second kappa shape index (κ2) is 6.34. The lowest BCUT2D eigenvalue weighted by atomic mass is 10.4. The second-order valence-electron chi connectivity index (χ2n) is 2.71. The maximum absolute atomic E-state index is 3.22. The highest BCUT2D eigenvalue weighted by Gasteiger charge is 1.94. The fraction of sp³-hybridized carbons (Fsp3) is 1.00. The second-order valence-corrected chi connectivity index (χ2v) is 4.52. The van der Waals surface area contributed by atoms with Crippen molar-refractivity contribution < 1.29 is 0 Å². The molecule has 0 aliphatic carbocycles. The Morgan fingerprint density at radius 2 is 1.10 bits per heavy atom. The van der Waals surface area contributed by atoms with E-state index < -0.39 is 0 Å². The monoisotopic (exact) mass is 180 g/mol. The number of nitrogens with one attached hydrogen (secondary N) is 2. The molecule has 0 spiro atoms. The first-order valence-electron chi connectivity index (χ1n) is 3.46. The third-order valence-corrected chi connectivity index (χ3v) is 2.66. The lowest BCUT2D eigenvalue weighted by Gasteiger charge is -2.08. The van der Waals surface area contributed by atoms with Crippen LogP contribution >= 0.6 is 22.0 Å². The summed E-state index contributed by atoms with van der Waals surface area (Å²) in [6.45, 7) is 8.51. The van der Waals surface area contributed by atoms with Crippen molar-refractivity contribution in [3.05, 3.63) is 0 Å². The fourth-order valence-corrected chi connectivity index (χ4v) is 2.17. The van der Waals surface area contributed by atoms with Crippen LogP contribution in [0.15, 0.2) is 0 Å². The van der Waals surface area contributed by atoms with Gasteiger partial charge in [0.15, 0.2) is 0 Å². The van der Waals surface area contributed by atoms with Crippen molar-refractivity contribution in [1.82, 2.24) is 9.44 Å². The van der Waals surface area contributed by atoms with Crippen LogP contribution in [0.3, 0.4) is 0 Å². The SMILES string of the molecule is CC(C)NSSNC(C)C. The van der Waals surface area contributed by atoms with E-state index in [0.29, 0.717) is 12.1 Å². The molecule has 0 unspecified atom stereocenters. The summed E-state index contributed by atoms with van der Waals surface area (Å²) in [6, 6.07) is 1.10. The van der Waals surface area contributed by atoms with E-state index in [0.717, 1.165) is 0 Å². The topological polar surface area (TPSA) is 24.1 Å². The molecule has 0 atom stereocenters. The molecule has 2 N–H and O–H groups in total. The third-order valence-electron chi connectivity index (χ3n) is 0.609. The summed E-state index contributed by atoms with van der Waals surface area (Å²) in [5, 5.41) is 0. The van der Waals surface area contributed by atoms with E-state index in [1.807, 2.05) is 0 Å². The maximum atomic E-state index is 3.22. The van der Waals surface area contributed by atoms with Crippen molar-refractivity contribution in [2.45, 2.75) is 39.8 Å². The minimum absolute atomic E-state index is 0.548. The molecule has 0 saturated heterocycles. The Balaban J connectivity index is 2.91. The molecule has 0 aromatic rings. The van der Waals surface area contributed by atoms with Crippen LogP contribution in [0.25, 0.3) is 0 Å². The molecular formula is C6H16N2S2. The molecule has 0 aromatic carbocycles. The Morgan fingerprint density at radius 3 is 1.30 bits per heavy atom. The summed E-state index contributed by atoms with van der Waals surface area (Å²) in [7, 11) is 3.29. The van der Waals surface area contributed by atoms with E-state index in [1.54, 1.807) is 22.0 Å². The predicted molar refractivity (Wildman–Crippen MR) is 51.7 cm³/mol. The summed E-state index contributed by atoms with van der Waals surface area (Å²) >= 11 is 0. The van der Waals surface area contributed by atoms with Crippen LogP contribution in [0.1, 0.15) is 27.7 Å². The van der Waals surface area contributed by atoms with Crippen LogP contribution in [-0.4, -0.2) is 12.1 Å². The number of hydrogen-bond acceptors (Lipinski definition) is 4. The van der Waals surface area contributed by atoms with E-state index in [-0.39, 0.29) is 0 Å². The molecule has 0 aliphatic heterocycles. The predicted octanol–water partition coefficient (Wildman–Crippen LogP) is 2.19.